The average Bonchev–Trinajstić information content (AvgIpc) is 3.09. The zero-order chi connectivity index (χ0) is 17.6. The Kier molecular flexibility index (Phi) is 5.18. The van der Waals surface area contributed by atoms with E-state index >= 15 is 0 Å². The van der Waals surface area contributed by atoms with Crippen LogP contribution in [-0.4, -0.2) is 32.2 Å². The number of benzene rings is 1. The van der Waals surface area contributed by atoms with E-state index in [0.717, 1.165) is 22.3 Å². The second kappa shape index (κ2) is 7.70. The van der Waals surface area contributed by atoms with Crippen molar-refractivity contribution in [3.8, 4) is 0 Å². The highest BCUT2D eigenvalue weighted by Crippen LogP contribution is 2.16. The van der Waals surface area contributed by atoms with Crippen LogP contribution >= 0.6 is 0 Å². The first kappa shape index (κ1) is 16.8. The van der Waals surface area contributed by atoms with E-state index in [1.165, 1.54) is 6.08 Å². The van der Waals surface area contributed by atoms with Crippen LogP contribution < -0.4 is 5.32 Å². The molecule has 0 aliphatic rings. The van der Waals surface area contributed by atoms with Gasteiger partial charge >= 0.3 is 0 Å². The van der Waals surface area contributed by atoms with Crippen LogP contribution in [0.25, 0.3) is 17.0 Å². The van der Waals surface area contributed by atoms with Gasteiger partial charge in [-0.25, -0.2) is 0 Å². The molecule has 0 atom stereocenters. The summed E-state index contributed by atoms with van der Waals surface area (Å²) in [7, 11) is 0. The SMILES string of the molecule is CC(C)n1cnnc1CCNC(=O)C=Cc1cccc2cccnc12. The van der Waals surface area contributed by atoms with Crippen molar-refractivity contribution in [2.75, 3.05) is 6.54 Å². The Bertz CT molecular complexity index is 892. The summed E-state index contributed by atoms with van der Waals surface area (Å²) in [6.07, 6.45) is 7.45. The third-order valence-corrected chi connectivity index (χ3v) is 3.93. The van der Waals surface area contributed by atoms with E-state index in [2.05, 4.69) is 34.3 Å². The minimum atomic E-state index is -0.136. The van der Waals surface area contributed by atoms with Gasteiger partial charge in [0, 0.05) is 42.2 Å². The molecule has 0 saturated heterocycles. The van der Waals surface area contributed by atoms with Crippen molar-refractivity contribution in [1.82, 2.24) is 25.1 Å². The van der Waals surface area contributed by atoms with Gasteiger partial charge in [0.2, 0.25) is 5.91 Å². The summed E-state index contributed by atoms with van der Waals surface area (Å²) < 4.78 is 2.00. The maximum Gasteiger partial charge on any atom is 0.244 e. The Morgan fingerprint density at radius 1 is 1.28 bits per heavy atom. The summed E-state index contributed by atoms with van der Waals surface area (Å²) in [5.41, 5.74) is 1.81. The van der Waals surface area contributed by atoms with Gasteiger partial charge < -0.3 is 9.88 Å². The molecule has 6 heteroatoms. The Hall–Kier alpha value is -3.02. The Labute approximate surface area is 146 Å². The predicted molar refractivity (Wildman–Crippen MR) is 97.9 cm³/mol. The van der Waals surface area contributed by atoms with E-state index < -0.39 is 0 Å². The molecule has 0 unspecified atom stereocenters. The molecule has 0 aliphatic carbocycles. The summed E-state index contributed by atoms with van der Waals surface area (Å²) in [5, 5.41) is 12.0. The maximum absolute atomic E-state index is 12.0. The normalized spacial score (nSPS) is 11.5. The molecule has 0 radical (unpaired) electrons. The van der Waals surface area contributed by atoms with E-state index in [1.54, 1.807) is 18.6 Å². The quantitative estimate of drug-likeness (QED) is 0.703. The number of hydrogen-bond acceptors (Lipinski definition) is 4. The number of nitrogens with zero attached hydrogens (tertiary/aromatic N) is 4. The van der Waals surface area contributed by atoms with Gasteiger partial charge in [-0.3, -0.25) is 9.78 Å². The van der Waals surface area contributed by atoms with Crippen LogP contribution in [0.15, 0.2) is 48.9 Å². The van der Waals surface area contributed by atoms with Crippen LogP contribution in [0.1, 0.15) is 31.3 Å². The number of hydrogen-bond donors (Lipinski definition) is 1. The highest BCUT2D eigenvalue weighted by atomic mass is 16.1. The van der Waals surface area contributed by atoms with E-state index in [4.69, 9.17) is 0 Å². The zero-order valence-corrected chi connectivity index (χ0v) is 14.4. The van der Waals surface area contributed by atoms with Gasteiger partial charge in [-0.15, -0.1) is 10.2 Å². The van der Waals surface area contributed by atoms with Gasteiger partial charge in [0.25, 0.3) is 0 Å². The summed E-state index contributed by atoms with van der Waals surface area (Å²) in [6.45, 7) is 4.67. The first-order valence-electron chi connectivity index (χ1n) is 8.33. The topological polar surface area (TPSA) is 72.7 Å². The molecule has 0 fully saturated rings. The van der Waals surface area contributed by atoms with Gasteiger partial charge in [-0.2, -0.15) is 0 Å². The number of rotatable bonds is 6. The van der Waals surface area contributed by atoms with Gasteiger partial charge in [-0.1, -0.05) is 24.3 Å². The molecular weight excluding hydrogens is 314 g/mol. The number of fused-ring (bicyclic) bond motifs is 1. The minimum Gasteiger partial charge on any atom is -0.352 e. The lowest BCUT2D eigenvalue weighted by atomic mass is 10.1. The fourth-order valence-electron chi connectivity index (χ4n) is 2.66. The number of carbonyl (C=O) groups is 1. The van der Waals surface area contributed by atoms with Crippen LogP contribution in [0.3, 0.4) is 0 Å². The van der Waals surface area contributed by atoms with E-state index in [-0.39, 0.29) is 5.91 Å². The van der Waals surface area contributed by atoms with Crippen molar-refractivity contribution in [3.05, 3.63) is 60.3 Å². The molecule has 0 spiro atoms. The summed E-state index contributed by atoms with van der Waals surface area (Å²) in [6, 6.07) is 10.1. The molecule has 3 aromatic rings. The first-order chi connectivity index (χ1) is 12.1. The Balaban J connectivity index is 1.59. The summed E-state index contributed by atoms with van der Waals surface area (Å²) in [5.74, 6) is 0.737. The number of aromatic nitrogens is 4. The van der Waals surface area contributed by atoms with Crippen molar-refractivity contribution < 1.29 is 4.79 Å². The van der Waals surface area contributed by atoms with Crippen LogP contribution in [0.2, 0.25) is 0 Å². The monoisotopic (exact) mass is 335 g/mol. The van der Waals surface area contributed by atoms with Crippen molar-refractivity contribution in [3.63, 3.8) is 0 Å². The molecule has 0 aliphatic heterocycles. The first-order valence-corrected chi connectivity index (χ1v) is 8.33. The molecule has 1 N–H and O–H groups in total. The third kappa shape index (κ3) is 4.09. The van der Waals surface area contributed by atoms with Gasteiger partial charge in [-0.05, 0) is 26.0 Å². The number of pyridine rings is 1. The van der Waals surface area contributed by atoms with Crippen LogP contribution in [0.5, 0.6) is 0 Å². The van der Waals surface area contributed by atoms with Gasteiger partial charge in [0.15, 0.2) is 0 Å². The fraction of sp³-hybridized carbons (Fsp3) is 0.263. The van der Waals surface area contributed by atoms with E-state index in [1.807, 2.05) is 34.9 Å². The second-order valence-corrected chi connectivity index (χ2v) is 6.04. The number of amides is 1. The fourth-order valence-corrected chi connectivity index (χ4v) is 2.66. The molecule has 2 aromatic heterocycles. The van der Waals surface area contributed by atoms with Crippen molar-refractivity contribution in [2.45, 2.75) is 26.3 Å². The van der Waals surface area contributed by atoms with E-state index in [0.29, 0.717) is 19.0 Å². The molecule has 3 rings (SSSR count). The molecule has 0 bridgehead atoms. The average molecular weight is 335 g/mol. The zero-order valence-electron chi connectivity index (χ0n) is 14.4. The number of para-hydroxylation sites is 1. The second-order valence-electron chi connectivity index (χ2n) is 6.04. The van der Waals surface area contributed by atoms with Gasteiger partial charge in [0.05, 0.1) is 5.52 Å². The molecule has 6 nitrogen and oxygen atoms in total. The highest BCUT2D eigenvalue weighted by Gasteiger charge is 2.07. The highest BCUT2D eigenvalue weighted by molar-refractivity contribution is 5.95. The van der Waals surface area contributed by atoms with Crippen LogP contribution in [0, 0.1) is 0 Å². The van der Waals surface area contributed by atoms with Crippen molar-refractivity contribution >= 4 is 22.9 Å². The lowest BCUT2D eigenvalue weighted by molar-refractivity contribution is -0.116. The Morgan fingerprint density at radius 2 is 2.12 bits per heavy atom. The third-order valence-electron chi connectivity index (χ3n) is 3.93. The van der Waals surface area contributed by atoms with Crippen LogP contribution in [-0.2, 0) is 11.2 Å². The molecule has 0 saturated carbocycles. The lowest BCUT2D eigenvalue weighted by Crippen LogP contribution is -2.24. The summed E-state index contributed by atoms with van der Waals surface area (Å²) >= 11 is 0. The predicted octanol–water partition coefficient (Wildman–Crippen LogP) is 2.78. The molecule has 1 amide bonds. The van der Waals surface area contributed by atoms with E-state index in [9.17, 15) is 4.79 Å². The summed E-state index contributed by atoms with van der Waals surface area (Å²) in [4.78, 5) is 16.4. The largest absolute Gasteiger partial charge is 0.352 e. The smallest absolute Gasteiger partial charge is 0.244 e. The number of nitrogens with one attached hydrogen (secondary N) is 1. The standard InChI is InChI=1S/C19H21N5O/c1-14(2)24-13-22-23-17(24)10-12-20-18(25)9-8-16-6-3-5-15-7-4-11-21-19(15)16/h3-9,11,13-14H,10,12H2,1-2H3,(H,20,25). The lowest BCUT2D eigenvalue weighted by Gasteiger charge is -2.09. The van der Waals surface area contributed by atoms with Crippen molar-refractivity contribution in [2.24, 2.45) is 0 Å². The molecule has 2 heterocycles. The minimum absolute atomic E-state index is 0.136. The Morgan fingerprint density at radius 3 is 2.96 bits per heavy atom. The van der Waals surface area contributed by atoms with Crippen molar-refractivity contribution in [1.29, 1.82) is 0 Å². The molecule has 25 heavy (non-hydrogen) atoms. The maximum atomic E-state index is 12.0. The molecule has 1 aromatic carbocycles. The van der Waals surface area contributed by atoms with Gasteiger partial charge in [0.1, 0.15) is 12.2 Å². The number of carbonyl (C=O) groups excluding carboxylic acids is 1. The molecule has 128 valence electrons. The molecular formula is C19H21N5O. The van der Waals surface area contributed by atoms with Crippen LogP contribution in [0.4, 0.5) is 0 Å².